The molecule has 34 heavy (non-hydrogen) atoms. The molecule has 6 nitrogen and oxygen atoms in total. The molecular formula is C27H24N2O4S. The largest absolute Gasteiger partial charge is 0.488 e. The van der Waals surface area contributed by atoms with Gasteiger partial charge in [-0.3, -0.25) is 9.69 Å². The maximum Gasteiger partial charge on any atom is 0.335 e. The van der Waals surface area contributed by atoms with E-state index in [0.29, 0.717) is 34.7 Å². The van der Waals surface area contributed by atoms with Crippen molar-refractivity contribution in [3.63, 3.8) is 0 Å². The number of carboxylic acid groups (broad SMARTS) is 1. The summed E-state index contributed by atoms with van der Waals surface area (Å²) >= 11 is 1.29. The molecule has 0 atom stereocenters. The van der Waals surface area contributed by atoms with Crippen LogP contribution >= 0.6 is 11.8 Å². The maximum atomic E-state index is 13.1. The van der Waals surface area contributed by atoms with Gasteiger partial charge < -0.3 is 9.84 Å². The van der Waals surface area contributed by atoms with Gasteiger partial charge in [-0.15, -0.1) is 0 Å². The number of thioether (sulfide) groups is 1. The van der Waals surface area contributed by atoms with Gasteiger partial charge in [-0.1, -0.05) is 48.0 Å². The molecule has 0 bridgehead atoms. The van der Waals surface area contributed by atoms with E-state index in [1.54, 1.807) is 17.0 Å². The van der Waals surface area contributed by atoms with Gasteiger partial charge in [0, 0.05) is 12.1 Å². The number of aromatic carboxylic acids is 1. The van der Waals surface area contributed by atoms with Crippen molar-refractivity contribution in [3.05, 3.63) is 100.0 Å². The average Bonchev–Trinajstić information content (AvgIpc) is 3.12. The average molecular weight is 473 g/mol. The number of amidine groups is 1. The van der Waals surface area contributed by atoms with Crippen molar-refractivity contribution < 1.29 is 19.4 Å². The van der Waals surface area contributed by atoms with Crippen LogP contribution in [0.25, 0.3) is 6.08 Å². The highest BCUT2D eigenvalue weighted by Crippen LogP contribution is 2.35. The highest BCUT2D eigenvalue weighted by molar-refractivity contribution is 8.18. The first-order valence-corrected chi connectivity index (χ1v) is 11.7. The van der Waals surface area contributed by atoms with Crippen LogP contribution in [0.5, 0.6) is 5.75 Å². The fourth-order valence-electron chi connectivity index (χ4n) is 3.49. The van der Waals surface area contributed by atoms with E-state index in [1.165, 1.54) is 29.5 Å². The standard InChI is InChI=1S/C27H24N2O4S/c1-3-29-25(30)24(34-27(29)28-22-13-11-20(12-14-22)26(31)32)16-21-9-4-5-10-23(21)33-17-19-8-6-7-18(2)15-19/h4-16H,3,17H2,1-2H3,(H,31,32). The summed E-state index contributed by atoms with van der Waals surface area (Å²) in [6, 6.07) is 22.0. The summed E-state index contributed by atoms with van der Waals surface area (Å²) in [5.74, 6) is -0.419. The number of hydrogen-bond donors (Lipinski definition) is 1. The molecule has 1 N–H and O–H groups in total. The Morgan fingerprint density at radius 2 is 1.85 bits per heavy atom. The lowest BCUT2D eigenvalue weighted by Crippen LogP contribution is -2.28. The van der Waals surface area contributed by atoms with Gasteiger partial charge in [-0.05, 0) is 67.6 Å². The van der Waals surface area contributed by atoms with Crippen LogP contribution in [0.15, 0.2) is 82.7 Å². The van der Waals surface area contributed by atoms with Crippen molar-refractivity contribution in [1.29, 1.82) is 0 Å². The van der Waals surface area contributed by atoms with Crippen LogP contribution in [0, 0.1) is 6.92 Å². The molecular weight excluding hydrogens is 448 g/mol. The molecule has 0 radical (unpaired) electrons. The minimum atomic E-state index is -0.992. The van der Waals surface area contributed by atoms with Gasteiger partial charge in [0.05, 0.1) is 16.2 Å². The Hall–Kier alpha value is -3.84. The van der Waals surface area contributed by atoms with Crippen molar-refractivity contribution in [2.45, 2.75) is 20.5 Å². The van der Waals surface area contributed by atoms with E-state index in [-0.39, 0.29) is 11.5 Å². The number of rotatable bonds is 7. The van der Waals surface area contributed by atoms with Crippen molar-refractivity contribution in [3.8, 4) is 5.75 Å². The third-order valence-electron chi connectivity index (χ3n) is 5.23. The first kappa shape index (κ1) is 23.3. The zero-order valence-corrected chi connectivity index (χ0v) is 19.7. The summed E-state index contributed by atoms with van der Waals surface area (Å²) in [7, 11) is 0. The van der Waals surface area contributed by atoms with E-state index >= 15 is 0 Å². The number of carbonyl (C=O) groups is 2. The van der Waals surface area contributed by atoms with E-state index < -0.39 is 5.97 Å². The van der Waals surface area contributed by atoms with Crippen molar-refractivity contribution in [2.75, 3.05) is 6.54 Å². The quantitative estimate of drug-likeness (QED) is 0.433. The predicted molar refractivity (Wildman–Crippen MR) is 135 cm³/mol. The Bertz CT molecular complexity index is 1280. The summed E-state index contributed by atoms with van der Waals surface area (Å²) in [4.78, 5) is 30.9. The molecule has 0 aromatic heterocycles. The number of carbonyl (C=O) groups excluding carboxylic acids is 1. The first-order valence-electron chi connectivity index (χ1n) is 10.9. The number of aryl methyl sites for hydroxylation is 1. The van der Waals surface area contributed by atoms with Gasteiger partial charge in [0.2, 0.25) is 0 Å². The van der Waals surface area contributed by atoms with E-state index in [0.717, 1.165) is 11.1 Å². The molecule has 0 saturated carbocycles. The van der Waals surface area contributed by atoms with Gasteiger partial charge in [-0.25, -0.2) is 9.79 Å². The lowest BCUT2D eigenvalue weighted by molar-refractivity contribution is -0.122. The Labute approximate surface area is 202 Å². The third-order valence-corrected chi connectivity index (χ3v) is 6.23. The van der Waals surface area contributed by atoms with Crippen molar-refractivity contribution in [1.82, 2.24) is 4.90 Å². The van der Waals surface area contributed by atoms with E-state index in [2.05, 4.69) is 11.1 Å². The van der Waals surface area contributed by atoms with Crippen LogP contribution in [0.2, 0.25) is 0 Å². The second-order valence-corrected chi connectivity index (χ2v) is 8.73. The molecule has 0 aliphatic carbocycles. The molecule has 7 heteroatoms. The Balaban J connectivity index is 1.57. The molecule has 4 rings (SSSR count). The number of carboxylic acids is 1. The van der Waals surface area contributed by atoms with Crippen LogP contribution in [0.4, 0.5) is 5.69 Å². The summed E-state index contributed by atoms with van der Waals surface area (Å²) < 4.78 is 6.07. The molecule has 1 saturated heterocycles. The number of likely N-dealkylation sites (N-methyl/N-ethyl adjacent to an activating group) is 1. The first-order chi connectivity index (χ1) is 16.4. The minimum Gasteiger partial charge on any atom is -0.488 e. The molecule has 1 fully saturated rings. The number of nitrogens with zero attached hydrogens (tertiary/aromatic N) is 2. The Morgan fingerprint density at radius 1 is 1.09 bits per heavy atom. The molecule has 1 aliphatic heterocycles. The normalized spacial score (nSPS) is 15.8. The number of para-hydroxylation sites is 1. The van der Waals surface area contributed by atoms with Gasteiger partial charge in [0.25, 0.3) is 5.91 Å². The molecule has 3 aromatic carbocycles. The third kappa shape index (κ3) is 5.38. The van der Waals surface area contributed by atoms with Crippen LogP contribution in [-0.4, -0.2) is 33.6 Å². The summed E-state index contributed by atoms with van der Waals surface area (Å²) in [6.07, 6.45) is 1.83. The van der Waals surface area contributed by atoms with Crippen LogP contribution < -0.4 is 4.74 Å². The zero-order valence-electron chi connectivity index (χ0n) is 18.9. The van der Waals surface area contributed by atoms with Gasteiger partial charge >= 0.3 is 5.97 Å². The van der Waals surface area contributed by atoms with Crippen LogP contribution in [0.3, 0.4) is 0 Å². The fraction of sp³-hybridized carbons (Fsp3) is 0.148. The monoisotopic (exact) mass is 472 g/mol. The second-order valence-electron chi connectivity index (χ2n) is 7.72. The topological polar surface area (TPSA) is 79.2 Å². The van der Waals surface area contributed by atoms with Crippen molar-refractivity contribution in [2.24, 2.45) is 4.99 Å². The molecule has 172 valence electrons. The smallest absolute Gasteiger partial charge is 0.335 e. The number of aliphatic imine (C=N–C) groups is 1. The SMILES string of the molecule is CCN1C(=O)C(=Cc2ccccc2OCc2cccc(C)c2)SC1=Nc1ccc(C(=O)O)cc1. The Morgan fingerprint density at radius 3 is 2.56 bits per heavy atom. The summed E-state index contributed by atoms with van der Waals surface area (Å²) in [5, 5.41) is 9.63. The minimum absolute atomic E-state index is 0.123. The van der Waals surface area contributed by atoms with E-state index in [1.807, 2.05) is 62.4 Å². The second kappa shape index (κ2) is 10.4. The predicted octanol–water partition coefficient (Wildman–Crippen LogP) is 5.90. The lowest BCUT2D eigenvalue weighted by Gasteiger charge is -2.12. The van der Waals surface area contributed by atoms with Crippen molar-refractivity contribution >= 4 is 40.6 Å². The summed E-state index contributed by atoms with van der Waals surface area (Å²) in [6.45, 7) is 4.84. The molecule has 1 amide bonds. The van der Waals surface area contributed by atoms with Crippen LogP contribution in [-0.2, 0) is 11.4 Å². The van der Waals surface area contributed by atoms with E-state index in [4.69, 9.17) is 9.84 Å². The summed E-state index contributed by atoms with van der Waals surface area (Å²) in [5.41, 5.74) is 3.84. The fourth-order valence-corrected chi connectivity index (χ4v) is 4.55. The highest BCUT2D eigenvalue weighted by atomic mass is 32.2. The molecule has 0 unspecified atom stereocenters. The molecule has 1 aliphatic rings. The zero-order chi connectivity index (χ0) is 24.1. The Kier molecular flexibility index (Phi) is 7.13. The number of ether oxygens (including phenoxy) is 1. The molecule has 1 heterocycles. The van der Waals surface area contributed by atoms with E-state index in [9.17, 15) is 9.59 Å². The van der Waals surface area contributed by atoms with Gasteiger partial charge in [-0.2, -0.15) is 0 Å². The molecule has 0 spiro atoms. The number of amides is 1. The maximum absolute atomic E-state index is 13.1. The number of hydrogen-bond acceptors (Lipinski definition) is 5. The van der Waals surface area contributed by atoms with Gasteiger partial charge in [0.15, 0.2) is 5.17 Å². The molecule has 3 aromatic rings. The highest BCUT2D eigenvalue weighted by Gasteiger charge is 2.32. The lowest BCUT2D eigenvalue weighted by atomic mass is 10.1. The van der Waals surface area contributed by atoms with Gasteiger partial charge in [0.1, 0.15) is 12.4 Å². The van der Waals surface area contributed by atoms with Crippen LogP contribution in [0.1, 0.15) is 34.0 Å². The number of benzene rings is 3.